The van der Waals surface area contributed by atoms with Crippen LogP contribution in [0.15, 0.2) is 18.2 Å². The van der Waals surface area contributed by atoms with Gasteiger partial charge in [-0.05, 0) is 52.3 Å². The first-order valence-corrected chi connectivity index (χ1v) is 7.76. The fraction of sp³-hybridized carbons (Fsp3) is 0.588. The van der Waals surface area contributed by atoms with Crippen molar-refractivity contribution in [2.75, 3.05) is 20.1 Å². The zero-order valence-electron chi connectivity index (χ0n) is 13.5. The third kappa shape index (κ3) is 3.76. The van der Waals surface area contributed by atoms with E-state index in [-0.39, 0.29) is 11.9 Å². The van der Waals surface area contributed by atoms with Gasteiger partial charge >= 0.3 is 0 Å². The standard InChI is InChI=1S/C17H26N2O2/c1-12-7-8-15(13(2)18-4)16(11-12)21-14(3)17(20)19-9-5-6-10-19/h7-8,11,13-14,18H,5-6,9-10H2,1-4H3. The van der Waals surface area contributed by atoms with Crippen molar-refractivity contribution in [3.8, 4) is 5.75 Å². The van der Waals surface area contributed by atoms with Gasteiger partial charge in [0.05, 0.1) is 0 Å². The molecule has 1 aromatic rings. The smallest absolute Gasteiger partial charge is 0.263 e. The minimum atomic E-state index is -0.437. The minimum absolute atomic E-state index is 0.0945. The quantitative estimate of drug-likeness (QED) is 0.906. The van der Waals surface area contributed by atoms with Crippen molar-refractivity contribution in [1.29, 1.82) is 0 Å². The molecule has 1 N–H and O–H groups in total. The number of likely N-dealkylation sites (tertiary alicyclic amines) is 1. The van der Waals surface area contributed by atoms with Crippen molar-refractivity contribution in [2.45, 2.75) is 45.8 Å². The van der Waals surface area contributed by atoms with Crippen LogP contribution >= 0.6 is 0 Å². The zero-order valence-corrected chi connectivity index (χ0v) is 13.5. The number of nitrogens with one attached hydrogen (secondary N) is 1. The zero-order chi connectivity index (χ0) is 15.4. The number of hydrogen-bond donors (Lipinski definition) is 1. The van der Waals surface area contributed by atoms with Crippen LogP contribution in [0.25, 0.3) is 0 Å². The summed E-state index contributed by atoms with van der Waals surface area (Å²) in [7, 11) is 1.92. The SMILES string of the molecule is CNC(C)c1ccc(C)cc1OC(C)C(=O)N1CCCC1. The molecule has 1 aliphatic rings. The molecule has 1 aromatic carbocycles. The van der Waals surface area contributed by atoms with Gasteiger partial charge in [-0.3, -0.25) is 4.79 Å². The number of benzene rings is 1. The summed E-state index contributed by atoms with van der Waals surface area (Å²) in [5.74, 6) is 0.897. The molecule has 1 amide bonds. The molecular formula is C17H26N2O2. The van der Waals surface area contributed by atoms with E-state index in [4.69, 9.17) is 4.74 Å². The first kappa shape index (κ1) is 15.8. The lowest BCUT2D eigenvalue weighted by molar-refractivity contribution is -0.136. The molecule has 0 bridgehead atoms. The van der Waals surface area contributed by atoms with Gasteiger partial charge in [0, 0.05) is 24.7 Å². The number of aryl methyl sites for hydroxylation is 1. The van der Waals surface area contributed by atoms with E-state index < -0.39 is 6.10 Å². The summed E-state index contributed by atoms with van der Waals surface area (Å²) >= 11 is 0. The Kier molecular flexibility index (Phi) is 5.23. The first-order valence-electron chi connectivity index (χ1n) is 7.76. The molecular weight excluding hydrogens is 264 g/mol. The van der Waals surface area contributed by atoms with Gasteiger partial charge in [-0.15, -0.1) is 0 Å². The van der Waals surface area contributed by atoms with Gasteiger partial charge in [0.15, 0.2) is 6.10 Å². The van der Waals surface area contributed by atoms with Crippen LogP contribution in [-0.4, -0.2) is 37.0 Å². The number of rotatable bonds is 5. The number of hydrogen-bond acceptors (Lipinski definition) is 3. The van der Waals surface area contributed by atoms with E-state index in [0.717, 1.165) is 42.8 Å². The van der Waals surface area contributed by atoms with Crippen LogP contribution in [-0.2, 0) is 4.79 Å². The lowest BCUT2D eigenvalue weighted by atomic mass is 10.1. The Labute approximate surface area is 127 Å². The molecule has 0 radical (unpaired) electrons. The Hall–Kier alpha value is -1.55. The van der Waals surface area contributed by atoms with Crippen LogP contribution in [0.2, 0.25) is 0 Å². The van der Waals surface area contributed by atoms with Crippen LogP contribution in [0, 0.1) is 6.92 Å². The highest BCUT2D eigenvalue weighted by atomic mass is 16.5. The first-order chi connectivity index (χ1) is 10.0. The van der Waals surface area contributed by atoms with E-state index in [1.54, 1.807) is 0 Å². The topological polar surface area (TPSA) is 41.6 Å². The van der Waals surface area contributed by atoms with E-state index in [2.05, 4.69) is 24.4 Å². The van der Waals surface area contributed by atoms with Crippen molar-refractivity contribution in [3.63, 3.8) is 0 Å². The highest BCUT2D eigenvalue weighted by molar-refractivity contribution is 5.81. The molecule has 0 spiro atoms. The molecule has 2 unspecified atom stereocenters. The lowest BCUT2D eigenvalue weighted by Crippen LogP contribution is -2.38. The van der Waals surface area contributed by atoms with Crippen molar-refractivity contribution in [3.05, 3.63) is 29.3 Å². The number of ether oxygens (including phenoxy) is 1. The molecule has 1 heterocycles. The van der Waals surface area contributed by atoms with Gasteiger partial charge in [-0.2, -0.15) is 0 Å². The number of carbonyl (C=O) groups excluding carboxylic acids is 1. The number of amides is 1. The average molecular weight is 290 g/mol. The van der Waals surface area contributed by atoms with E-state index in [1.165, 1.54) is 0 Å². The van der Waals surface area contributed by atoms with E-state index in [9.17, 15) is 4.79 Å². The molecule has 21 heavy (non-hydrogen) atoms. The highest BCUT2D eigenvalue weighted by Crippen LogP contribution is 2.27. The largest absolute Gasteiger partial charge is 0.481 e. The summed E-state index contributed by atoms with van der Waals surface area (Å²) in [5.41, 5.74) is 2.22. The Morgan fingerprint density at radius 3 is 2.57 bits per heavy atom. The molecule has 4 nitrogen and oxygen atoms in total. The van der Waals surface area contributed by atoms with Gasteiger partial charge in [0.25, 0.3) is 5.91 Å². The molecule has 116 valence electrons. The number of nitrogens with zero attached hydrogens (tertiary/aromatic N) is 1. The monoisotopic (exact) mass is 290 g/mol. The summed E-state index contributed by atoms with van der Waals surface area (Å²) in [6.45, 7) is 7.69. The molecule has 0 saturated carbocycles. The van der Waals surface area contributed by atoms with Crippen molar-refractivity contribution >= 4 is 5.91 Å². The fourth-order valence-corrected chi connectivity index (χ4v) is 2.69. The second-order valence-electron chi connectivity index (χ2n) is 5.84. The van der Waals surface area contributed by atoms with Crippen LogP contribution in [0.4, 0.5) is 0 Å². The Balaban J connectivity index is 2.13. The van der Waals surface area contributed by atoms with Crippen molar-refractivity contribution in [1.82, 2.24) is 10.2 Å². The lowest BCUT2D eigenvalue weighted by Gasteiger charge is -2.24. The Morgan fingerprint density at radius 2 is 1.95 bits per heavy atom. The van der Waals surface area contributed by atoms with E-state index in [0.29, 0.717) is 0 Å². The van der Waals surface area contributed by atoms with Gasteiger partial charge in [0.1, 0.15) is 5.75 Å². The maximum Gasteiger partial charge on any atom is 0.263 e. The van der Waals surface area contributed by atoms with Gasteiger partial charge in [-0.25, -0.2) is 0 Å². The fourth-order valence-electron chi connectivity index (χ4n) is 2.69. The summed E-state index contributed by atoms with van der Waals surface area (Å²) < 4.78 is 5.99. The van der Waals surface area contributed by atoms with Crippen LogP contribution < -0.4 is 10.1 Å². The predicted octanol–water partition coefficient (Wildman–Crippen LogP) is 2.67. The minimum Gasteiger partial charge on any atom is -0.481 e. The maximum atomic E-state index is 12.4. The molecule has 4 heteroatoms. The molecule has 2 atom stereocenters. The van der Waals surface area contributed by atoms with Gasteiger partial charge < -0.3 is 15.0 Å². The third-order valence-electron chi connectivity index (χ3n) is 4.14. The van der Waals surface area contributed by atoms with Crippen molar-refractivity contribution in [2.24, 2.45) is 0 Å². The van der Waals surface area contributed by atoms with E-state index in [1.807, 2.05) is 31.9 Å². The van der Waals surface area contributed by atoms with Gasteiger partial charge in [-0.1, -0.05) is 12.1 Å². The van der Waals surface area contributed by atoms with Crippen LogP contribution in [0.3, 0.4) is 0 Å². The third-order valence-corrected chi connectivity index (χ3v) is 4.14. The average Bonchev–Trinajstić information content (AvgIpc) is 3.00. The second-order valence-corrected chi connectivity index (χ2v) is 5.84. The molecule has 1 fully saturated rings. The highest BCUT2D eigenvalue weighted by Gasteiger charge is 2.25. The summed E-state index contributed by atoms with van der Waals surface area (Å²) in [5, 5.41) is 3.22. The van der Waals surface area contributed by atoms with E-state index >= 15 is 0 Å². The summed E-state index contributed by atoms with van der Waals surface area (Å²) in [6.07, 6.45) is 1.77. The summed E-state index contributed by atoms with van der Waals surface area (Å²) in [4.78, 5) is 14.3. The Morgan fingerprint density at radius 1 is 1.29 bits per heavy atom. The maximum absolute atomic E-state index is 12.4. The molecule has 1 saturated heterocycles. The second kappa shape index (κ2) is 6.94. The molecule has 0 aromatic heterocycles. The van der Waals surface area contributed by atoms with Crippen molar-refractivity contribution < 1.29 is 9.53 Å². The normalized spacial score (nSPS) is 17.6. The van der Waals surface area contributed by atoms with Crippen LogP contribution in [0.1, 0.15) is 43.9 Å². The molecule has 2 rings (SSSR count). The summed E-state index contributed by atoms with van der Waals surface area (Å²) in [6, 6.07) is 6.34. The van der Waals surface area contributed by atoms with Crippen LogP contribution in [0.5, 0.6) is 5.75 Å². The Bertz CT molecular complexity index is 496. The number of carbonyl (C=O) groups is 1. The molecule has 0 aliphatic carbocycles. The van der Waals surface area contributed by atoms with Gasteiger partial charge in [0.2, 0.25) is 0 Å². The predicted molar refractivity (Wildman–Crippen MR) is 84.6 cm³/mol. The molecule has 1 aliphatic heterocycles.